The number of nitrogens with zero attached hydrogens (tertiary/aromatic N) is 3. The van der Waals surface area contributed by atoms with Crippen LogP contribution in [0.15, 0.2) is 16.8 Å². The van der Waals surface area contributed by atoms with Crippen LogP contribution >= 0.6 is 0 Å². The maximum absolute atomic E-state index is 13.9. The van der Waals surface area contributed by atoms with Crippen LogP contribution < -0.4 is 0 Å². The second-order valence-electron chi connectivity index (χ2n) is 3.20. The molecule has 0 unspecified atom stereocenters. The van der Waals surface area contributed by atoms with Gasteiger partial charge in [0.15, 0.2) is 5.82 Å². The van der Waals surface area contributed by atoms with E-state index in [-0.39, 0.29) is 18.1 Å². The largest absolute Gasteiger partial charge is 0.380 e. The molecule has 0 aromatic carbocycles. The Morgan fingerprint density at radius 3 is 2.94 bits per heavy atom. The predicted molar refractivity (Wildman–Crippen MR) is 52.9 cm³/mol. The summed E-state index contributed by atoms with van der Waals surface area (Å²) in [6.07, 6.45) is 1.48. The lowest BCUT2D eigenvalue weighted by atomic mass is 10.2. The van der Waals surface area contributed by atoms with Crippen molar-refractivity contribution in [3.05, 3.63) is 29.5 Å². The van der Waals surface area contributed by atoms with E-state index in [0.29, 0.717) is 11.5 Å². The van der Waals surface area contributed by atoms with Gasteiger partial charge in [0.05, 0.1) is 6.61 Å². The zero-order chi connectivity index (χ0) is 11.5. The first-order valence-corrected chi connectivity index (χ1v) is 4.65. The molecule has 2 aromatic heterocycles. The normalized spacial score (nSPS) is 10.7. The Labute approximate surface area is 91.3 Å². The molecule has 6 heteroatoms. The fraction of sp³-hybridized carbons (Fsp3) is 0.300. The van der Waals surface area contributed by atoms with Crippen molar-refractivity contribution in [2.75, 3.05) is 7.11 Å². The van der Waals surface area contributed by atoms with Crippen LogP contribution in [0.2, 0.25) is 0 Å². The summed E-state index contributed by atoms with van der Waals surface area (Å²) in [6.45, 7) is 1.81. The number of rotatable bonds is 3. The maximum atomic E-state index is 13.9. The number of hydrogen-bond acceptors (Lipinski definition) is 5. The van der Waals surface area contributed by atoms with Gasteiger partial charge in [-0.05, 0) is 6.07 Å². The van der Waals surface area contributed by atoms with Gasteiger partial charge in [-0.15, -0.1) is 0 Å². The Morgan fingerprint density at radius 1 is 1.50 bits per heavy atom. The van der Waals surface area contributed by atoms with Gasteiger partial charge in [0.25, 0.3) is 0 Å². The van der Waals surface area contributed by atoms with E-state index < -0.39 is 5.82 Å². The molecule has 0 saturated carbocycles. The molecule has 2 aromatic rings. The summed E-state index contributed by atoms with van der Waals surface area (Å²) < 4.78 is 23.5. The summed E-state index contributed by atoms with van der Waals surface area (Å²) in [6, 6.07) is 1.55. The Hall–Kier alpha value is -1.82. The van der Waals surface area contributed by atoms with Gasteiger partial charge in [-0.2, -0.15) is 4.98 Å². The van der Waals surface area contributed by atoms with E-state index in [1.807, 2.05) is 0 Å². The van der Waals surface area contributed by atoms with Crippen molar-refractivity contribution in [2.45, 2.75) is 13.5 Å². The molecule has 2 rings (SSSR count). The number of hydrogen-bond donors (Lipinski definition) is 0. The summed E-state index contributed by atoms with van der Waals surface area (Å²) >= 11 is 0. The molecule has 0 N–H and O–H groups in total. The van der Waals surface area contributed by atoms with Crippen molar-refractivity contribution in [3.8, 4) is 11.5 Å². The Kier molecular flexibility index (Phi) is 2.91. The summed E-state index contributed by atoms with van der Waals surface area (Å²) in [7, 11) is 1.50. The zero-order valence-electron chi connectivity index (χ0n) is 8.90. The summed E-state index contributed by atoms with van der Waals surface area (Å²) in [4.78, 5) is 7.81. The Balaban J connectivity index is 2.45. The van der Waals surface area contributed by atoms with Crippen LogP contribution in [0.3, 0.4) is 0 Å². The molecule has 84 valence electrons. The number of aromatic nitrogens is 3. The van der Waals surface area contributed by atoms with Crippen LogP contribution in [-0.2, 0) is 11.3 Å². The lowest BCUT2D eigenvalue weighted by Gasteiger charge is -2.03. The van der Waals surface area contributed by atoms with Crippen LogP contribution in [0, 0.1) is 12.7 Å². The molecule has 0 aliphatic heterocycles. The monoisotopic (exact) mass is 223 g/mol. The maximum Gasteiger partial charge on any atom is 0.224 e. The van der Waals surface area contributed by atoms with Crippen molar-refractivity contribution in [1.29, 1.82) is 0 Å². The van der Waals surface area contributed by atoms with Gasteiger partial charge in [0, 0.05) is 25.8 Å². The Morgan fingerprint density at radius 2 is 2.31 bits per heavy atom. The topological polar surface area (TPSA) is 61.0 Å². The van der Waals surface area contributed by atoms with Crippen molar-refractivity contribution in [1.82, 2.24) is 15.1 Å². The molecule has 2 heterocycles. The van der Waals surface area contributed by atoms with E-state index >= 15 is 0 Å². The third-order valence-electron chi connectivity index (χ3n) is 2.01. The SMILES string of the molecule is COCc1ccnc(-c2noc(C)n2)c1F. The standard InChI is InChI=1S/C10H10FN3O2/c1-6-13-10(14-16-6)9-8(11)7(5-15-2)3-4-12-9/h3-4H,5H2,1-2H3. The van der Waals surface area contributed by atoms with E-state index in [2.05, 4.69) is 15.1 Å². The summed E-state index contributed by atoms with van der Waals surface area (Å²) in [5.74, 6) is 0.0337. The molecule has 5 nitrogen and oxygen atoms in total. The highest BCUT2D eigenvalue weighted by molar-refractivity contribution is 5.50. The molecule has 0 saturated heterocycles. The van der Waals surface area contributed by atoms with Crippen molar-refractivity contribution in [2.24, 2.45) is 0 Å². The van der Waals surface area contributed by atoms with E-state index in [4.69, 9.17) is 9.26 Å². The molecular weight excluding hydrogens is 213 g/mol. The smallest absolute Gasteiger partial charge is 0.224 e. The minimum atomic E-state index is -0.481. The average molecular weight is 223 g/mol. The molecule has 16 heavy (non-hydrogen) atoms. The number of aryl methyl sites for hydroxylation is 1. The molecule has 0 spiro atoms. The van der Waals surface area contributed by atoms with Crippen molar-refractivity contribution < 1.29 is 13.7 Å². The molecule has 0 aliphatic rings. The molecule has 0 radical (unpaired) electrons. The van der Waals surface area contributed by atoms with E-state index in [1.165, 1.54) is 13.3 Å². The van der Waals surface area contributed by atoms with Gasteiger partial charge in [-0.1, -0.05) is 5.16 Å². The molecule has 0 amide bonds. The first-order valence-electron chi connectivity index (χ1n) is 4.65. The third-order valence-corrected chi connectivity index (χ3v) is 2.01. The van der Waals surface area contributed by atoms with Crippen LogP contribution in [0.1, 0.15) is 11.5 Å². The highest BCUT2D eigenvalue weighted by Gasteiger charge is 2.15. The number of pyridine rings is 1. The number of methoxy groups -OCH3 is 1. The van der Waals surface area contributed by atoms with Gasteiger partial charge in [-0.25, -0.2) is 9.37 Å². The summed E-state index contributed by atoms with van der Waals surface area (Å²) in [5.41, 5.74) is 0.487. The quantitative estimate of drug-likeness (QED) is 0.792. The lowest BCUT2D eigenvalue weighted by Crippen LogP contribution is -1.98. The lowest BCUT2D eigenvalue weighted by molar-refractivity contribution is 0.181. The highest BCUT2D eigenvalue weighted by Crippen LogP contribution is 2.20. The number of ether oxygens (including phenoxy) is 1. The molecular formula is C10H10FN3O2. The first-order chi connectivity index (χ1) is 7.72. The second kappa shape index (κ2) is 4.36. The van der Waals surface area contributed by atoms with Crippen LogP contribution in [0.4, 0.5) is 4.39 Å². The first kappa shape index (κ1) is 10.7. The fourth-order valence-electron chi connectivity index (χ4n) is 1.30. The van der Waals surface area contributed by atoms with Gasteiger partial charge in [0.2, 0.25) is 11.7 Å². The van der Waals surface area contributed by atoms with Crippen LogP contribution in [-0.4, -0.2) is 22.2 Å². The van der Waals surface area contributed by atoms with E-state index in [0.717, 1.165) is 0 Å². The van der Waals surface area contributed by atoms with Crippen LogP contribution in [0.5, 0.6) is 0 Å². The van der Waals surface area contributed by atoms with Crippen molar-refractivity contribution in [3.63, 3.8) is 0 Å². The fourth-order valence-corrected chi connectivity index (χ4v) is 1.30. The Bertz CT molecular complexity index is 499. The number of halogens is 1. The molecule has 0 aliphatic carbocycles. The zero-order valence-corrected chi connectivity index (χ0v) is 8.90. The van der Waals surface area contributed by atoms with Gasteiger partial charge in [-0.3, -0.25) is 0 Å². The van der Waals surface area contributed by atoms with Crippen LogP contribution in [0.25, 0.3) is 11.5 Å². The van der Waals surface area contributed by atoms with Gasteiger partial charge < -0.3 is 9.26 Å². The summed E-state index contributed by atoms with van der Waals surface area (Å²) in [5, 5.41) is 3.62. The van der Waals surface area contributed by atoms with E-state index in [9.17, 15) is 4.39 Å². The third kappa shape index (κ3) is 1.92. The van der Waals surface area contributed by atoms with Gasteiger partial charge in [0.1, 0.15) is 5.69 Å². The van der Waals surface area contributed by atoms with E-state index in [1.54, 1.807) is 13.0 Å². The molecule has 0 bridgehead atoms. The predicted octanol–water partition coefficient (Wildman–Crippen LogP) is 1.73. The molecule has 0 atom stereocenters. The average Bonchev–Trinajstić information content (AvgIpc) is 2.68. The van der Waals surface area contributed by atoms with Gasteiger partial charge >= 0.3 is 0 Å². The van der Waals surface area contributed by atoms with Crippen molar-refractivity contribution >= 4 is 0 Å². The highest BCUT2D eigenvalue weighted by atomic mass is 19.1. The molecule has 0 fully saturated rings. The minimum Gasteiger partial charge on any atom is -0.380 e. The second-order valence-corrected chi connectivity index (χ2v) is 3.20. The minimum absolute atomic E-state index is 0.0754.